The van der Waals surface area contributed by atoms with Gasteiger partial charge in [0.2, 0.25) is 17.7 Å². The van der Waals surface area contributed by atoms with Crippen LogP contribution in [0.15, 0.2) is 67.0 Å². The van der Waals surface area contributed by atoms with E-state index in [0.717, 1.165) is 29.7 Å². The van der Waals surface area contributed by atoms with Crippen LogP contribution in [0.25, 0.3) is 0 Å². The topological polar surface area (TPSA) is 84.4 Å². The Morgan fingerprint density at radius 2 is 1.86 bits per heavy atom. The summed E-state index contributed by atoms with van der Waals surface area (Å²) < 4.78 is 6.08. The molecule has 182 valence electrons. The van der Waals surface area contributed by atoms with E-state index < -0.39 is 5.54 Å². The summed E-state index contributed by atoms with van der Waals surface area (Å²) >= 11 is 0. The molecule has 2 amide bonds. The van der Waals surface area contributed by atoms with Crippen LogP contribution < -0.4 is 10.1 Å². The van der Waals surface area contributed by atoms with Crippen molar-refractivity contribution in [2.24, 2.45) is 0 Å². The van der Waals surface area contributed by atoms with Gasteiger partial charge in [-0.1, -0.05) is 42.5 Å². The third kappa shape index (κ3) is 6.23. The Balaban J connectivity index is 1.44. The number of nitrogens with zero attached hydrogens (tertiary/aromatic N) is 3. The van der Waals surface area contributed by atoms with Crippen LogP contribution >= 0.6 is 0 Å². The van der Waals surface area contributed by atoms with Crippen molar-refractivity contribution in [3.63, 3.8) is 0 Å². The molecular weight excluding hydrogens is 440 g/mol. The molecule has 2 aromatic carbocycles. The van der Waals surface area contributed by atoms with Crippen molar-refractivity contribution in [3.05, 3.63) is 83.8 Å². The number of hydrogen-bond acceptors (Lipinski definition) is 5. The fourth-order valence-corrected chi connectivity index (χ4v) is 4.49. The summed E-state index contributed by atoms with van der Waals surface area (Å²) in [6, 6.07) is 17.3. The SMILES string of the molecule is Cc1cccc(Oc2nccnc2C2CCCN(C(=O)C(C)(C)NC(=O)Cc3ccccc3)C2)c1. The first-order valence-corrected chi connectivity index (χ1v) is 12.0. The molecule has 1 unspecified atom stereocenters. The fraction of sp³-hybridized carbons (Fsp3) is 0.357. The second kappa shape index (κ2) is 10.7. The molecule has 1 fully saturated rings. The Morgan fingerprint density at radius 3 is 2.63 bits per heavy atom. The second-order valence-electron chi connectivity index (χ2n) is 9.59. The van der Waals surface area contributed by atoms with E-state index in [1.54, 1.807) is 26.2 Å². The Bertz CT molecular complexity index is 1180. The molecule has 1 atom stereocenters. The highest BCUT2D eigenvalue weighted by Crippen LogP contribution is 2.33. The van der Waals surface area contributed by atoms with Gasteiger partial charge in [0.15, 0.2) is 0 Å². The number of benzene rings is 2. The van der Waals surface area contributed by atoms with Gasteiger partial charge in [0.25, 0.3) is 0 Å². The molecule has 35 heavy (non-hydrogen) atoms. The van der Waals surface area contributed by atoms with E-state index in [9.17, 15) is 9.59 Å². The molecule has 1 aliphatic heterocycles. The van der Waals surface area contributed by atoms with Crippen molar-refractivity contribution >= 4 is 11.8 Å². The first kappa shape index (κ1) is 24.4. The molecule has 4 rings (SSSR count). The molecule has 1 N–H and O–H groups in total. The largest absolute Gasteiger partial charge is 0.437 e. The first-order chi connectivity index (χ1) is 16.8. The second-order valence-corrected chi connectivity index (χ2v) is 9.59. The van der Waals surface area contributed by atoms with Crippen LogP contribution in [0.4, 0.5) is 0 Å². The Kier molecular flexibility index (Phi) is 7.44. The maximum absolute atomic E-state index is 13.4. The van der Waals surface area contributed by atoms with Gasteiger partial charge in [0, 0.05) is 31.4 Å². The van der Waals surface area contributed by atoms with Crippen molar-refractivity contribution in [1.82, 2.24) is 20.2 Å². The number of piperidine rings is 1. The number of ether oxygens (including phenoxy) is 1. The molecule has 0 bridgehead atoms. The van der Waals surface area contributed by atoms with E-state index in [4.69, 9.17) is 4.74 Å². The Morgan fingerprint density at radius 1 is 1.09 bits per heavy atom. The van der Waals surface area contributed by atoms with E-state index in [1.165, 1.54) is 0 Å². The molecular formula is C28H32N4O3. The number of amides is 2. The van der Waals surface area contributed by atoms with Gasteiger partial charge in [-0.15, -0.1) is 0 Å². The van der Waals surface area contributed by atoms with Crippen LogP contribution in [0.2, 0.25) is 0 Å². The number of aryl methyl sites for hydroxylation is 1. The Labute approximate surface area is 206 Å². The fourth-order valence-electron chi connectivity index (χ4n) is 4.49. The standard InChI is InChI=1S/C28H32N4O3/c1-20-9-7-13-23(17-20)35-26-25(29-14-15-30-26)22-12-8-16-32(19-22)27(34)28(2,3)31-24(33)18-21-10-5-4-6-11-21/h4-7,9-11,13-15,17,22H,8,12,16,18-19H2,1-3H3,(H,31,33). The average Bonchev–Trinajstić information content (AvgIpc) is 2.84. The summed E-state index contributed by atoms with van der Waals surface area (Å²) in [5.41, 5.74) is 1.74. The van der Waals surface area contributed by atoms with Crippen LogP contribution in [-0.4, -0.2) is 45.3 Å². The summed E-state index contributed by atoms with van der Waals surface area (Å²) in [6.07, 6.45) is 5.23. The van der Waals surface area contributed by atoms with E-state index in [1.807, 2.05) is 66.4 Å². The number of carbonyl (C=O) groups excluding carboxylic acids is 2. The minimum absolute atomic E-state index is 0.00275. The predicted octanol–water partition coefficient (Wildman–Crippen LogP) is 4.42. The molecule has 3 aromatic rings. The number of likely N-dealkylation sites (tertiary alicyclic amines) is 1. The molecule has 0 saturated carbocycles. The van der Waals surface area contributed by atoms with Gasteiger partial charge in [-0.05, 0) is 56.9 Å². The lowest BCUT2D eigenvalue weighted by Crippen LogP contribution is -2.57. The van der Waals surface area contributed by atoms with Crippen molar-refractivity contribution < 1.29 is 14.3 Å². The summed E-state index contributed by atoms with van der Waals surface area (Å²) in [7, 11) is 0. The molecule has 0 radical (unpaired) electrons. The van der Waals surface area contributed by atoms with Crippen LogP contribution in [0.5, 0.6) is 11.6 Å². The first-order valence-electron chi connectivity index (χ1n) is 12.0. The zero-order chi connectivity index (χ0) is 24.8. The lowest BCUT2D eigenvalue weighted by Gasteiger charge is -2.37. The van der Waals surface area contributed by atoms with E-state index in [-0.39, 0.29) is 24.2 Å². The molecule has 1 aromatic heterocycles. The number of nitrogens with one attached hydrogen (secondary N) is 1. The van der Waals surface area contributed by atoms with Gasteiger partial charge in [-0.3, -0.25) is 14.6 Å². The highest BCUT2D eigenvalue weighted by atomic mass is 16.5. The lowest BCUT2D eigenvalue weighted by molar-refractivity contribution is -0.141. The van der Waals surface area contributed by atoms with Crippen molar-refractivity contribution in [3.8, 4) is 11.6 Å². The summed E-state index contributed by atoms with van der Waals surface area (Å²) in [5.74, 6) is 0.891. The molecule has 2 heterocycles. The van der Waals surface area contributed by atoms with Crippen molar-refractivity contribution in [1.29, 1.82) is 0 Å². The average molecular weight is 473 g/mol. The molecule has 1 saturated heterocycles. The van der Waals surface area contributed by atoms with Gasteiger partial charge in [-0.2, -0.15) is 0 Å². The molecule has 1 aliphatic rings. The summed E-state index contributed by atoms with van der Waals surface area (Å²) in [5, 5.41) is 2.92. The van der Waals surface area contributed by atoms with E-state index in [0.29, 0.717) is 24.7 Å². The van der Waals surface area contributed by atoms with Gasteiger partial charge < -0.3 is 15.0 Å². The number of carbonyl (C=O) groups is 2. The van der Waals surface area contributed by atoms with Crippen LogP contribution in [0.1, 0.15) is 49.4 Å². The highest BCUT2D eigenvalue weighted by molar-refractivity contribution is 5.91. The van der Waals surface area contributed by atoms with E-state index in [2.05, 4.69) is 15.3 Å². The molecule has 7 nitrogen and oxygen atoms in total. The van der Waals surface area contributed by atoms with Crippen molar-refractivity contribution in [2.75, 3.05) is 13.1 Å². The van der Waals surface area contributed by atoms with Gasteiger partial charge in [-0.25, -0.2) is 4.98 Å². The monoisotopic (exact) mass is 472 g/mol. The lowest BCUT2D eigenvalue weighted by atomic mass is 9.92. The minimum Gasteiger partial charge on any atom is -0.437 e. The van der Waals surface area contributed by atoms with Gasteiger partial charge in [0.1, 0.15) is 17.0 Å². The van der Waals surface area contributed by atoms with E-state index >= 15 is 0 Å². The van der Waals surface area contributed by atoms with Crippen LogP contribution in [0.3, 0.4) is 0 Å². The maximum atomic E-state index is 13.4. The zero-order valence-electron chi connectivity index (χ0n) is 20.5. The quantitative estimate of drug-likeness (QED) is 0.550. The zero-order valence-corrected chi connectivity index (χ0v) is 20.5. The van der Waals surface area contributed by atoms with Crippen LogP contribution in [-0.2, 0) is 16.0 Å². The Hall–Kier alpha value is -3.74. The van der Waals surface area contributed by atoms with Gasteiger partial charge in [0.05, 0.1) is 6.42 Å². The number of aromatic nitrogens is 2. The molecule has 7 heteroatoms. The third-order valence-corrected chi connectivity index (χ3v) is 6.18. The van der Waals surface area contributed by atoms with Crippen LogP contribution in [0, 0.1) is 6.92 Å². The molecule has 0 spiro atoms. The van der Waals surface area contributed by atoms with Gasteiger partial charge >= 0.3 is 0 Å². The predicted molar refractivity (Wildman–Crippen MR) is 134 cm³/mol. The highest BCUT2D eigenvalue weighted by Gasteiger charge is 2.37. The summed E-state index contributed by atoms with van der Waals surface area (Å²) in [6.45, 7) is 6.67. The molecule has 0 aliphatic carbocycles. The van der Waals surface area contributed by atoms with Crippen molar-refractivity contribution in [2.45, 2.75) is 51.5 Å². The minimum atomic E-state index is -1.02. The normalized spacial score (nSPS) is 16.0. The third-order valence-electron chi connectivity index (χ3n) is 6.18. The number of hydrogen-bond donors (Lipinski definition) is 1. The maximum Gasteiger partial charge on any atom is 0.247 e. The smallest absolute Gasteiger partial charge is 0.247 e. The number of rotatable bonds is 7. The summed E-state index contributed by atoms with van der Waals surface area (Å²) in [4.78, 5) is 36.9.